The summed E-state index contributed by atoms with van der Waals surface area (Å²) in [6.45, 7) is 0. The summed E-state index contributed by atoms with van der Waals surface area (Å²) in [5, 5.41) is 10.2. The monoisotopic (exact) mass is 600 g/mol. The summed E-state index contributed by atoms with van der Waals surface area (Å²) in [5.41, 5.74) is 2.65. The number of rotatable bonds is 4. The van der Waals surface area contributed by atoms with Crippen molar-refractivity contribution >= 4 is 67.9 Å². The number of halogens is 2. The van der Waals surface area contributed by atoms with E-state index in [9.17, 15) is 9.59 Å². The fourth-order valence-corrected chi connectivity index (χ4v) is 6.20. The quantitative estimate of drug-likeness (QED) is 0.298. The van der Waals surface area contributed by atoms with E-state index < -0.39 is 0 Å². The van der Waals surface area contributed by atoms with Crippen LogP contribution in [0.5, 0.6) is 0 Å². The summed E-state index contributed by atoms with van der Waals surface area (Å²) < 4.78 is 3.67. The van der Waals surface area contributed by atoms with Crippen LogP contribution in [0.4, 0.5) is 0 Å². The Hall–Kier alpha value is -4.22. The molecular weight excluding hydrogens is 587 g/mol. The predicted molar refractivity (Wildman–Crippen MR) is 159 cm³/mol. The third kappa shape index (κ3) is 4.50. The lowest BCUT2D eigenvalue weighted by Crippen LogP contribution is -2.23. The number of benzene rings is 3. The summed E-state index contributed by atoms with van der Waals surface area (Å²) in [6.07, 6.45) is 3.58. The SMILES string of the molecule is O=c1/c(=C\c2ccc(Cl)cc2)sc2nc(-c3cccc(-c4nc5s/c(=C/c6ccc(Cl)cc6)c(=O)n5n4)c3)nn12. The van der Waals surface area contributed by atoms with Crippen molar-refractivity contribution in [2.24, 2.45) is 0 Å². The minimum Gasteiger partial charge on any atom is -0.266 e. The first kappa shape index (κ1) is 24.8. The summed E-state index contributed by atoms with van der Waals surface area (Å²) in [6, 6.07) is 21.9. The summed E-state index contributed by atoms with van der Waals surface area (Å²) in [4.78, 5) is 36.0. The van der Waals surface area contributed by atoms with Gasteiger partial charge in [-0.1, -0.05) is 88.3 Å². The molecule has 8 nitrogen and oxygen atoms in total. The second-order valence-corrected chi connectivity index (χ2v) is 11.7. The van der Waals surface area contributed by atoms with E-state index in [-0.39, 0.29) is 11.1 Å². The van der Waals surface area contributed by atoms with Gasteiger partial charge in [0, 0.05) is 21.2 Å². The van der Waals surface area contributed by atoms with E-state index in [4.69, 9.17) is 23.2 Å². The molecule has 0 amide bonds. The second-order valence-electron chi connectivity index (χ2n) is 8.78. The topological polar surface area (TPSA) is 94.5 Å². The molecule has 40 heavy (non-hydrogen) atoms. The Balaban J connectivity index is 1.22. The highest BCUT2D eigenvalue weighted by molar-refractivity contribution is 7.15. The maximum Gasteiger partial charge on any atom is 0.291 e. The van der Waals surface area contributed by atoms with Crippen molar-refractivity contribution in [2.45, 2.75) is 0 Å². The Morgan fingerprint density at radius 2 is 1.05 bits per heavy atom. The lowest BCUT2D eigenvalue weighted by molar-refractivity contribution is 0.935. The number of fused-ring (bicyclic) bond motifs is 2. The predicted octanol–water partition coefficient (Wildman–Crippen LogP) is 4.35. The van der Waals surface area contributed by atoms with Crippen molar-refractivity contribution in [3.8, 4) is 22.8 Å². The van der Waals surface area contributed by atoms with Crippen molar-refractivity contribution < 1.29 is 0 Å². The highest BCUT2D eigenvalue weighted by Gasteiger charge is 2.15. The van der Waals surface area contributed by atoms with Crippen LogP contribution < -0.4 is 20.2 Å². The molecule has 0 atom stereocenters. The van der Waals surface area contributed by atoms with E-state index in [2.05, 4.69) is 20.2 Å². The maximum atomic E-state index is 12.9. The van der Waals surface area contributed by atoms with Gasteiger partial charge >= 0.3 is 0 Å². The molecule has 194 valence electrons. The van der Waals surface area contributed by atoms with Gasteiger partial charge < -0.3 is 0 Å². The highest BCUT2D eigenvalue weighted by atomic mass is 35.5. The molecule has 0 spiro atoms. The zero-order chi connectivity index (χ0) is 27.4. The van der Waals surface area contributed by atoms with Gasteiger partial charge in [-0.25, -0.2) is 0 Å². The zero-order valence-electron chi connectivity index (χ0n) is 20.2. The van der Waals surface area contributed by atoms with E-state index in [1.165, 1.54) is 31.7 Å². The lowest BCUT2D eigenvalue weighted by Gasteiger charge is -1.98. The van der Waals surface area contributed by atoms with Gasteiger partial charge in [0.05, 0.1) is 9.06 Å². The van der Waals surface area contributed by atoms with Crippen molar-refractivity contribution in [1.29, 1.82) is 0 Å². The molecule has 0 aliphatic carbocycles. The van der Waals surface area contributed by atoms with Gasteiger partial charge in [-0.05, 0) is 53.6 Å². The molecule has 12 heteroatoms. The number of thiazole rings is 2. The molecule has 4 aromatic heterocycles. The molecule has 0 radical (unpaired) electrons. The van der Waals surface area contributed by atoms with E-state index in [0.29, 0.717) is 51.8 Å². The molecule has 0 aliphatic rings. The van der Waals surface area contributed by atoms with Gasteiger partial charge in [0.15, 0.2) is 11.6 Å². The van der Waals surface area contributed by atoms with Crippen LogP contribution in [-0.4, -0.2) is 29.2 Å². The first-order valence-electron chi connectivity index (χ1n) is 11.9. The molecule has 0 unspecified atom stereocenters. The van der Waals surface area contributed by atoms with Crippen LogP contribution >= 0.6 is 45.9 Å². The van der Waals surface area contributed by atoms with Crippen LogP contribution in [0, 0.1) is 0 Å². The number of hydrogen-bond donors (Lipinski definition) is 0. The van der Waals surface area contributed by atoms with E-state index in [1.54, 1.807) is 36.4 Å². The minimum atomic E-state index is -0.241. The van der Waals surface area contributed by atoms with Gasteiger partial charge in [0.25, 0.3) is 11.1 Å². The van der Waals surface area contributed by atoms with Gasteiger partial charge in [0.1, 0.15) is 0 Å². The molecule has 0 saturated carbocycles. The molecule has 0 fully saturated rings. The largest absolute Gasteiger partial charge is 0.291 e. The summed E-state index contributed by atoms with van der Waals surface area (Å²) >= 11 is 14.4. The normalized spacial score (nSPS) is 12.8. The number of aromatic nitrogens is 6. The van der Waals surface area contributed by atoms with Crippen LogP contribution in [0.1, 0.15) is 11.1 Å². The fourth-order valence-electron chi connectivity index (χ4n) is 4.13. The maximum absolute atomic E-state index is 12.9. The zero-order valence-corrected chi connectivity index (χ0v) is 23.3. The molecular formula is C28H14Cl2N6O2S2. The van der Waals surface area contributed by atoms with Gasteiger partial charge in [-0.15, -0.1) is 10.2 Å². The van der Waals surface area contributed by atoms with Crippen molar-refractivity contribution in [2.75, 3.05) is 0 Å². The van der Waals surface area contributed by atoms with Crippen molar-refractivity contribution in [1.82, 2.24) is 29.2 Å². The average molecular weight is 602 g/mol. The van der Waals surface area contributed by atoms with E-state index >= 15 is 0 Å². The van der Waals surface area contributed by atoms with Crippen LogP contribution in [0.25, 0.3) is 44.8 Å². The Morgan fingerprint density at radius 3 is 1.45 bits per heavy atom. The van der Waals surface area contributed by atoms with Gasteiger partial charge in [-0.2, -0.15) is 19.0 Å². The number of nitrogens with zero attached hydrogens (tertiary/aromatic N) is 6. The van der Waals surface area contributed by atoms with Crippen LogP contribution in [-0.2, 0) is 0 Å². The molecule has 0 bridgehead atoms. The fraction of sp³-hybridized carbons (Fsp3) is 0. The smallest absolute Gasteiger partial charge is 0.266 e. The summed E-state index contributed by atoms with van der Waals surface area (Å²) in [5.74, 6) is 0.822. The molecule has 0 saturated heterocycles. The van der Waals surface area contributed by atoms with Crippen LogP contribution in [0.2, 0.25) is 10.0 Å². The third-order valence-corrected chi connectivity index (χ3v) is 8.50. The second kappa shape index (κ2) is 9.76. The molecule has 7 aromatic rings. The van der Waals surface area contributed by atoms with Crippen molar-refractivity contribution in [3.05, 3.63) is 124 Å². The Kier molecular flexibility index (Phi) is 6.05. The molecule has 0 aliphatic heterocycles. The molecule has 0 N–H and O–H groups in total. The van der Waals surface area contributed by atoms with Crippen molar-refractivity contribution in [3.63, 3.8) is 0 Å². The summed E-state index contributed by atoms with van der Waals surface area (Å²) in [7, 11) is 0. The van der Waals surface area contributed by atoms with Gasteiger partial charge in [0.2, 0.25) is 9.92 Å². The average Bonchev–Trinajstić information content (AvgIpc) is 3.70. The minimum absolute atomic E-state index is 0.241. The Bertz CT molecular complexity index is 2130. The lowest BCUT2D eigenvalue weighted by atomic mass is 10.1. The molecule has 3 aromatic carbocycles. The Morgan fingerprint density at radius 1 is 0.625 bits per heavy atom. The highest BCUT2D eigenvalue weighted by Crippen LogP contribution is 2.24. The van der Waals surface area contributed by atoms with E-state index in [0.717, 1.165) is 11.1 Å². The van der Waals surface area contributed by atoms with Crippen LogP contribution in [0.3, 0.4) is 0 Å². The number of hydrogen-bond acceptors (Lipinski definition) is 8. The molecule has 7 rings (SSSR count). The first-order valence-corrected chi connectivity index (χ1v) is 14.2. The standard InChI is InChI=1S/C28H14Cl2N6O2S2/c29-19-8-4-15(5-9-19)12-21-25(37)35-27(39-21)31-23(33-35)17-2-1-3-18(14-17)24-32-28-36(34-24)26(38)22(40-28)13-16-6-10-20(30)11-7-16/h1-14H/b21-12+,22-13+. The van der Waals surface area contributed by atoms with Gasteiger partial charge in [-0.3, -0.25) is 9.59 Å². The first-order chi connectivity index (χ1) is 19.4. The Labute approximate surface area is 242 Å². The van der Waals surface area contributed by atoms with Crippen LogP contribution in [0.15, 0.2) is 82.4 Å². The van der Waals surface area contributed by atoms with E-state index in [1.807, 2.05) is 48.5 Å². The molecule has 4 heterocycles. The third-order valence-electron chi connectivity index (χ3n) is 6.08.